The fraction of sp³-hybridized carbons (Fsp3) is 0. The first-order chi connectivity index (χ1) is 9.25. The maximum absolute atomic E-state index is 5.84. The lowest BCUT2D eigenvalue weighted by molar-refractivity contribution is 1.18. The van der Waals surface area contributed by atoms with Gasteiger partial charge in [-0.1, -0.05) is 18.2 Å². The van der Waals surface area contributed by atoms with E-state index in [-0.39, 0.29) is 5.82 Å². The molecule has 3 rings (SSSR count). The van der Waals surface area contributed by atoms with Crippen molar-refractivity contribution in [3.05, 3.63) is 42.9 Å². The molecule has 2 heterocycles. The van der Waals surface area contributed by atoms with Crippen molar-refractivity contribution >= 4 is 33.9 Å². The van der Waals surface area contributed by atoms with E-state index in [4.69, 9.17) is 11.5 Å². The van der Waals surface area contributed by atoms with Crippen LogP contribution in [0, 0.1) is 0 Å². The Kier molecular flexibility index (Phi) is 2.60. The molecular weight excluding hydrogens is 240 g/mol. The number of para-hydroxylation sites is 1. The van der Waals surface area contributed by atoms with Crippen molar-refractivity contribution < 1.29 is 0 Å². The maximum atomic E-state index is 5.84. The van der Waals surface area contributed by atoms with Gasteiger partial charge in [-0.15, -0.1) is 0 Å². The van der Waals surface area contributed by atoms with Crippen molar-refractivity contribution in [2.24, 2.45) is 0 Å². The minimum atomic E-state index is 0.255. The summed E-state index contributed by atoms with van der Waals surface area (Å²) in [7, 11) is 0. The molecule has 0 spiro atoms. The topological polar surface area (TPSA) is 103 Å². The number of hydrogen-bond donors (Lipinski definition) is 3. The van der Waals surface area contributed by atoms with Crippen molar-refractivity contribution in [1.29, 1.82) is 0 Å². The summed E-state index contributed by atoms with van der Waals surface area (Å²) in [6.45, 7) is 0. The number of aromatic nitrogens is 3. The second kappa shape index (κ2) is 4.41. The van der Waals surface area contributed by atoms with E-state index in [0.717, 1.165) is 16.6 Å². The van der Waals surface area contributed by atoms with Crippen LogP contribution in [0.25, 0.3) is 10.9 Å². The molecule has 0 saturated heterocycles. The van der Waals surface area contributed by atoms with Gasteiger partial charge in [0.2, 0.25) is 0 Å². The summed E-state index contributed by atoms with van der Waals surface area (Å²) in [6, 6.07) is 9.72. The first-order valence-electron chi connectivity index (χ1n) is 5.72. The molecule has 0 fully saturated rings. The predicted molar refractivity (Wildman–Crippen MR) is 75.9 cm³/mol. The zero-order valence-corrected chi connectivity index (χ0v) is 10.0. The van der Waals surface area contributed by atoms with Crippen LogP contribution in [0.4, 0.5) is 23.0 Å². The van der Waals surface area contributed by atoms with E-state index in [9.17, 15) is 0 Å². The highest BCUT2D eigenvalue weighted by molar-refractivity contribution is 5.93. The van der Waals surface area contributed by atoms with E-state index >= 15 is 0 Å². The zero-order chi connectivity index (χ0) is 13.2. The van der Waals surface area contributed by atoms with E-state index < -0.39 is 0 Å². The molecule has 0 radical (unpaired) electrons. The van der Waals surface area contributed by atoms with Crippen molar-refractivity contribution in [2.75, 3.05) is 16.8 Å². The largest absolute Gasteiger partial charge is 0.393 e. The Morgan fingerprint density at radius 3 is 2.68 bits per heavy atom. The Morgan fingerprint density at radius 1 is 0.947 bits per heavy atom. The van der Waals surface area contributed by atoms with E-state index in [1.54, 1.807) is 6.20 Å². The van der Waals surface area contributed by atoms with Gasteiger partial charge in [0, 0.05) is 11.6 Å². The average molecular weight is 252 g/mol. The normalized spacial score (nSPS) is 10.5. The summed E-state index contributed by atoms with van der Waals surface area (Å²) in [5.41, 5.74) is 13.5. The van der Waals surface area contributed by atoms with Gasteiger partial charge in [0.25, 0.3) is 0 Å². The molecule has 6 nitrogen and oxygen atoms in total. The second-order valence-corrected chi connectivity index (χ2v) is 4.03. The van der Waals surface area contributed by atoms with Crippen LogP contribution in [0.1, 0.15) is 0 Å². The third-order valence-electron chi connectivity index (χ3n) is 2.80. The van der Waals surface area contributed by atoms with Gasteiger partial charge in [0.15, 0.2) is 11.6 Å². The lowest BCUT2D eigenvalue weighted by atomic mass is 10.2. The smallest absolute Gasteiger partial charge is 0.159 e. The highest BCUT2D eigenvalue weighted by atomic mass is 15.1. The molecule has 0 amide bonds. The molecular formula is C13H12N6. The monoisotopic (exact) mass is 252 g/mol. The molecule has 1 aromatic carbocycles. The lowest BCUT2D eigenvalue weighted by Crippen LogP contribution is -2.05. The Balaban J connectivity index is 2.09. The van der Waals surface area contributed by atoms with Crippen molar-refractivity contribution in [3.63, 3.8) is 0 Å². The van der Waals surface area contributed by atoms with Crippen LogP contribution >= 0.6 is 0 Å². The third kappa shape index (κ3) is 1.99. The average Bonchev–Trinajstić information content (AvgIpc) is 2.44. The number of nitrogen functional groups attached to an aromatic ring is 2. The van der Waals surface area contributed by atoms with Crippen molar-refractivity contribution in [1.82, 2.24) is 15.0 Å². The molecule has 0 aliphatic heterocycles. The molecule has 6 heteroatoms. The molecule has 0 atom stereocenters. The van der Waals surface area contributed by atoms with Crippen LogP contribution in [0.2, 0.25) is 0 Å². The number of pyridine rings is 1. The molecule has 94 valence electrons. The van der Waals surface area contributed by atoms with Crippen molar-refractivity contribution in [2.45, 2.75) is 0 Å². The van der Waals surface area contributed by atoms with Gasteiger partial charge in [-0.3, -0.25) is 4.98 Å². The quantitative estimate of drug-likeness (QED) is 0.644. The van der Waals surface area contributed by atoms with Gasteiger partial charge >= 0.3 is 0 Å². The SMILES string of the molecule is Nc1ncnc(Nc2cccc3cccnc23)c1N. The van der Waals surface area contributed by atoms with Gasteiger partial charge in [0.1, 0.15) is 12.0 Å². The van der Waals surface area contributed by atoms with Crippen LogP contribution in [-0.2, 0) is 0 Å². The maximum Gasteiger partial charge on any atom is 0.159 e. The van der Waals surface area contributed by atoms with E-state index in [1.165, 1.54) is 6.33 Å². The van der Waals surface area contributed by atoms with E-state index in [2.05, 4.69) is 20.3 Å². The summed E-state index contributed by atoms with van der Waals surface area (Å²) in [4.78, 5) is 12.3. The fourth-order valence-corrected chi connectivity index (χ4v) is 1.84. The first-order valence-corrected chi connectivity index (χ1v) is 5.72. The van der Waals surface area contributed by atoms with Crippen molar-refractivity contribution in [3.8, 4) is 0 Å². The van der Waals surface area contributed by atoms with Crippen LogP contribution < -0.4 is 16.8 Å². The Hall–Kier alpha value is -2.89. The van der Waals surface area contributed by atoms with Crippen LogP contribution in [0.15, 0.2) is 42.9 Å². The fourth-order valence-electron chi connectivity index (χ4n) is 1.84. The molecule has 2 aromatic heterocycles. The number of anilines is 4. The Morgan fingerprint density at radius 2 is 1.79 bits per heavy atom. The number of fused-ring (bicyclic) bond motifs is 1. The summed E-state index contributed by atoms with van der Waals surface area (Å²) in [5, 5.41) is 4.17. The highest BCUT2D eigenvalue weighted by Crippen LogP contribution is 2.27. The van der Waals surface area contributed by atoms with E-state index in [0.29, 0.717) is 11.5 Å². The lowest BCUT2D eigenvalue weighted by Gasteiger charge is -2.10. The molecule has 5 N–H and O–H groups in total. The zero-order valence-electron chi connectivity index (χ0n) is 10.0. The van der Waals surface area contributed by atoms with Crippen LogP contribution in [-0.4, -0.2) is 15.0 Å². The predicted octanol–water partition coefficient (Wildman–Crippen LogP) is 1.93. The molecule has 0 aliphatic rings. The van der Waals surface area contributed by atoms with Gasteiger partial charge < -0.3 is 16.8 Å². The van der Waals surface area contributed by atoms with Crippen LogP contribution in [0.5, 0.6) is 0 Å². The Labute approximate surface area is 109 Å². The summed E-state index contributed by atoms with van der Waals surface area (Å²) >= 11 is 0. The summed E-state index contributed by atoms with van der Waals surface area (Å²) in [6.07, 6.45) is 3.11. The van der Waals surface area contributed by atoms with Crippen LogP contribution in [0.3, 0.4) is 0 Å². The molecule has 0 bridgehead atoms. The number of benzene rings is 1. The second-order valence-electron chi connectivity index (χ2n) is 4.03. The molecule has 0 aliphatic carbocycles. The number of nitrogens with two attached hydrogens (primary N) is 2. The Bertz CT molecular complexity index is 735. The molecule has 3 aromatic rings. The molecule has 19 heavy (non-hydrogen) atoms. The minimum absolute atomic E-state index is 0.255. The summed E-state index contributed by atoms with van der Waals surface area (Å²) < 4.78 is 0. The highest BCUT2D eigenvalue weighted by Gasteiger charge is 2.07. The van der Waals surface area contributed by atoms with E-state index in [1.807, 2.05) is 30.3 Å². The number of hydrogen-bond acceptors (Lipinski definition) is 6. The summed E-state index contributed by atoms with van der Waals surface area (Å²) in [5.74, 6) is 0.733. The van der Waals surface area contributed by atoms with Gasteiger partial charge in [0.05, 0.1) is 11.2 Å². The molecule has 0 unspecified atom stereocenters. The number of nitrogens with zero attached hydrogens (tertiary/aromatic N) is 3. The van der Waals surface area contributed by atoms with Gasteiger partial charge in [-0.2, -0.15) is 0 Å². The van der Waals surface area contributed by atoms with Gasteiger partial charge in [-0.05, 0) is 12.1 Å². The third-order valence-corrected chi connectivity index (χ3v) is 2.80. The van der Waals surface area contributed by atoms with Gasteiger partial charge in [-0.25, -0.2) is 9.97 Å². The first kappa shape index (κ1) is 11.2. The minimum Gasteiger partial charge on any atom is -0.393 e. The number of nitrogens with one attached hydrogen (secondary N) is 1. The molecule has 0 saturated carbocycles. The standard InChI is InChI=1S/C13H12N6/c14-10-12(15)17-7-18-13(10)19-9-5-1-3-8-4-2-6-16-11(8)9/h1-7H,14H2,(H3,15,17,18,19). The number of rotatable bonds is 2.